The van der Waals surface area contributed by atoms with Crippen molar-refractivity contribution in [3.05, 3.63) is 36.2 Å². The highest BCUT2D eigenvalue weighted by atomic mass is 16.7. The molecule has 3 aromatic heterocycles. The maximum absolute atomic E-state index is 12.6. The van der Waals surface area contributed by atoms with Crippen LogP contribution in [0.15, 0.2) is 35.1 Å². The first kappa shape index (κ1) is 15.2. The summed E-state index contributed by atoms with van der Waals surface area (Å²) in [6.07, 6.45) is 3.23. The zero-order chi connectivity index (χ0) is 16.6. The summed E-state index contributed by atoms with van der Waals surface area (Å²) in [5.74, 6) is 0.327. The Bertz CT molecular complexity index is 837. The van der Waals surface area contributed by atoms with Gasteiger partial charge in [-0.2, -0.15) is 5.10 Å². The molecule has 0 aliphatic carbocycles. The molecule has 0 fully saturated rings. The number of hydrogen-bond acceptors (Lipinski definition) is 5. The molecule has 0 aliphatic heterocycles. The fourth-order valence-corrected chi connectivity index (χ4v) is 2.38. The van der Waals surface area contributed by atoms with Gasteiger partial charge in [0.1, 0.15) is 5.69 Å². The number of hydroxylamine groups is 2. The lowest BCUT2D eigenvalue weighted by Crippen LogP contribution is -2.25. The van der Waals surface area contributed by atoms with Crippen molar-refractivity contribution in [2.45, 2.75) is 19.9 Å². The van der Waals surface area contributed by atoms with Crippen LogP contribution in [0.3, 0.4) is 0 Å². The second-order valence-electron chi connectivity index (χ2n) is 5.44. The Kier molecular flexibility index (Phi) is 3.87. The van der Waals surface area contributed by atoms with Crippen LogP contribution in [0.4, 0.5) is 0 Å². The molecule has 1 amide bonds. The van der Waals surface area contributed by atoms with Gasteiger partial charge in [0, 0.05) is 13.1 Å². The van der Waals surface area contributed by atoms with Crippen molar-refractivity contribution < 1.29 is 14.0 Å². The van der Waals surface area contributed by atoms with E-state index in [1.54, 1.807) is 42.4 Å². The molecule has 0 spiro atoms. The third-order valence-electron chi connectivity index (χ3n) is 3.62. The third-order valence-corrected chi connectivity index (χ3v) is 3.62. The molecular formula is C16H18N4O3. The highest BCUT2D eigenvalue weighted by molar-refractivity contribution is 6.05. The van der Waals surface area contributed by atoms with Crippen LogP contribution in [0.1, 0.15) is 30.2 Å². The van der Waals surface area contributed by atoms with Crippen molar-refractivity contribution in [3.63, 3.8) is 0 Å². The van der Waals surface area contributed by atoms with Gasteiger partial charge in [0.15, 0.2) is 11.4 Å². The van der Waals surface area contributed by atoms with Gasteiger partial charge in [0.2, 0.25) is 0 Å². The standard InChI is InChI=1S/C16H18N4O3/c1-10(2)20-15-12(9-17-20)11(16(21)19(3)22-4)8-13(18-15)14-6-5-7-23-14/h5-10H,1-4H3. The highest BCUT2D eigenvalue weighted by Crippen LogP contribution is 2.27. The van der Waals surface area contributed by atoms with E-state index in [0.29, 0.717) is 28.1 Å². The van der Waals surface area contributed by atoms with E-state index in [1.807, 2.05) is 13.8 Å². The summed E-state index contributed by atoms with van der Waals surface area (Å²) in [6.45, 7) is 4.02. The van der Waals surface area contributed by atoms with Crippen LogP contribution in [0.2, 0.25) is 0 Å². The summed E-state index contributed by atoms with van der Waals surface area (Å²) in [4.78, 5) is 22.2. The molecule has 0 bridgehead atoms. The predicted molar refractivity (Wildman–Crippen MR) is 84.7 cm³/mol. The number of amides is 1. The van der Waals surface area contributed by atoms with Gasteiger partial charge in [-0.05, 0) is 32.0 Å². The van der Waals surface area contributed by atoms with Crippen molar-refractivity contribution in [2.24, 2.45) is 0 Å². The zero-order valence-corrected chi connectivity index (χ0v) is 13.5. The lowest BCUT2D eigenvalue weighted by Gasteiger charge is -2.15. The van der Waals surface area contributed by atoms with Gasteiger partial charge in [-0.1, -0.05) is 0 Å². The Morgan fingerprint density at radius 2 is 2.22 bits per heavy atom. The number of nitrogens with zero attached hydrogens (tertiary/aromatic N) is 4. The summed E-state index contributed by atoms with van der Waals surface area (Å²) >= 11 is 0. The van der Waals surface area contributed by atoms with Gasteiger partial charge in [0.25, 0.3) is 5.91 Å². The summed E-state index contributed by atoms with van der Waals surface area (Å²) < 4.78 is 7.20. The Hall–Kier alpha value is -2.67. The molecule has 0 saturated carbocycles. The Labute approximate surface area is 133 Å². The summed E-state index contributed by atoms with van der Waals surface area (Å²) in [7, 11) is 3.01. The second kappa shape index (κ2) is 5.85. The van der Waals surface area contributed by atoms with E-state index in [4.69, 9.17) is 9.25 Å². The molecule has 0 atom stereocenters. The number of rotatable bonds is 4. The predicted octanol–water partition coefficient (Wildman–Crippen LogP) is 2.91. The topological polar surface area (TPSA) is 73.4 Å². The maximum atomic E-state index is 12.6. The van der Waals surface area contributed by atoms with Crippen LogP contribution in [0, 0.1) is 0 Å². The Morgan fingerprint density at radius 3 is 2.83 bits per heavy atom. The molecule has 3 rings (SSSR count). The minimum atomic E-state index is -0.268. The van der Waals surface area contributed by atoms with Gasteiger partial charge >= 0.3 is 0 Å². The van der Waals surface area contributed by atoms with Crippen LogP contribution < -0.4 is 0 Å². The SMILES string of the molecule is CON(C)C(=O)c1cc(-c2ccco2)nc2c1cnn2C(C)C. The molecule has 0 aromatic carbocycles. The minimum absolute atomic E-state index is 0.120. The average Bonchev–Trinajstić information content (AvgIpc) is 3.21. The van der Waals surface area contributed by atoms with E-state index in [1.165, 1.54) is 12.2 Å². The summed E-state index contributed by atoms with van der Waals surface area (Å²) in [5, 5.41) is 6.21. The van der Waals surface area contributed by atoms with E-state index in [-0.39, 0.29) is 11.9 Å². The first-order valence-corrected chi connectivity index (χ1v) is 7.27. The molecule has 3 aromatic rings. The van der Waals surface area contributed by atoms with E-state index in [2.05, 4.69) is 10.1 Å². The van der Waals surface area contributed by atoms with Crippen LogP contribution >= 0.6 is 0 Å². The number of aromatic nitrogens is 3. The van der Waals surface area contributed by atoms with Gasteiger partial charge in [0.05, 0.1) is 30.5 Å². The summed E-state index contributed by atoms with van der Waals surface area (Å²) in [5.41, 5.74) is 1.69. The van der Waals surface area contributed by atoms with Gasteiger partial charge in [-0.25, -0.2) is 14.7 Å². The van der Waals surface area contributed by atoms with Crippen molar-refractivity contribution in [2.75, 3.05) is 14.2 Å². The molecule has 3 heterocycles. The van der Waals surface area contributed by atoms with Gasteiger partial charge in [-0.3, -0.25) is 9.63 Å². The van der Waals surface area contributed by atoms with Crippen LogP contribution in [0.5, 0.6) is 0 Å². The lowest BCUT2D eigenvalue weighted by atomic mass is 10.1. The van der Waals surface area contributed by atoms with Crippen molar-refractivity contribution >= 4 is 16.9 Å². The largest absolute Gasteiger partial charge is 0.463 e. The molecule has 7 nitrogen and oxygen atoms in total. The Morgan fingerprint density at radius 1 is 1.43 bits per heavy atom. The minimum Gasteiger partial charge on any atom is -0.463 e. The molecule has 0 saturated heterocycles. The molecule has 7 heteroatoms. The summed E-state index contributed by atoms with van der Waals surface area (Å²) in [6, 6.07) is 5.41. The third kappa shape index (κ3) is 2.59. The van der Waals surface area contributed by atoms with Crippen molar-refractivity contribution in [1.82, 2.24) is 19.8 Å². The molecule has 0 radical (unpaired) electrons. The normalized spacial score (nSPS) is 11.3. The van der Waals surface area contributed by atoms with Crippen LogP contribution in [-0.4, -0.2) is 39.9 Å². The monoisotopic (exact) mass is 314 g/mol. The second-order valence-corrected chi connectivity index (χ2v) is 5.44. The molecule has 0 unspecified atom stereocenters. The zero-order valence-electron chi connectivity index (χ0n) is 13.5. The first-order chi connectivity index (χ1) is 11.0. The molecule has 23 heavy (non-hydrogen) atoms. The molecular weight excluding hydrogens is 296 g/mol. The van der Waals surface area contributed by atoms with Crippen LogP contribution in [-0.2, 0) is 4.84 Å². The Balaban J connectivity index is 2.27. The molecule has 0 N–H and O–H groups in total. The van der Waals surface area contributed by atoms with Gasteiger partial charge in [-0.15, -0.1) is 0 Å². The van der Waals surface area contributed by atoms with Gasteiger partial charge < -0.3 is 4.42 Å². The molecule has 120 valence electrons. The van der Waals surface area contributed by atoms with E-state index in [9.17, 15) is 4.79 Å². The van der Waals surface area contributed by atoms with Crippen LogP contribution in [0.25, 0.3) is 22.5 Å². The quantitative estimate of drug-likeness (QED) is 0.692. The van der Waals surface area contributed by atoms with E-state index in [0.717, 1.165) is 0 Å². The molecule has 0 aliphatic rings. The number of pyridine rings is 1. The van der Waals surface area contributed by atoms with Crippen molar-refractivity contribution in [1.29, 1.82) is 0 Å². The average molecular weight is 314 g/mol. The number of carbonyl (C=O) groups is 1. The number of carbonyl (C=O) groups excluding carboxylic acids is 1. The number of hydrogen-bond donors (Lipinski definition) is 0. The highest BCUT2D eigenvalue weighted by Gasteiger charge is 2.21. The van der Waals surface area contributed by atoms with E-state index < -0.39 is 0 Å². The number of furan rings is 1. The fraction of sp³-hybridized carbons (Fsp3) is 0.312. The number of fused-ring (bicyclic) bond motifs is 1. The first-order valence-electron chi connectivity index (χ1n) is 7.27. The van der Waals surface area contributed by atoms with Crippen molar-refractivity contribution in [3.8, 4) is 11.5 Å². The lowest BCUT2D eigenvalue weighted by molar-refractivity contribution is -0.0755. The smallest absolute Gasteiger partial charge is 0.278 e. The van der Waals surface area contributed by atoms with E-state index >= 15 is 0 Å². The maximum Gasteiger partial charge on any atom is 0.278 e. The fourth-order valence-electron chi connectivity index (χ4n) is 2.38.